The molecule has 0 unspecified atom stereocenters. The molecule has 0 amide bonds. The molecule has 0 spiro atoms. The number of aromatic nitrogens is 1. The summed E-state index contributed by atoms with van der Waals surface area (Å²) >= 11 is 18.0. The van der Waals surface area contributed by atoms with Gasteiger partial charge in [-0.25, -0.2) is 0 Å². The van der Waals surface area contributed by atoms with Crippen LogP contribution in [0.2, 0.25) is 15.1 Å². The van der Waals surface area contributed by atoms with E-state index in [1.54, 1.807) is 18.2 Å². The minimum atomic E-state index is -0.273. The van der Waals surface area contributed by atoms with E-state index in [1.807, 2.05) is 6.07 Å². The van der Waals surface area contributed by atoms with Crippen LogP contribution in [0.4, 0.5) is 0 Å². The molecule has 0 fully saturated rings. The number of nitriles is 1. The van der Waals surface area contributed by atoms with E-state index in [1.165, 1.54) is 6.07 Å². The quantitative estimate of drug-likeness (QED) is 0.850. The maximum atomic E-state index is 11.3. The fourth-order valence-corrected chi connectivity index (χ4v) is 2.36. The maximum Gasteiger partial charge on any atom is 0.248 e. The van der Waals surface area contributed by atoms with Gasteiger partial charge in [0.25, 0.3) is 0 Å². The van der Waals surface area contributed by atoms with Crippen LogP contribution >= 0.6 is 34.8 Å². The third-order valence-corrected chi connectivity index (χ3v) is 3.88. The van der Waals surface area contributed by atoms with Crippen molar-refractivity contribution in [1.29, 1.82) is 5.26 Å². The Hall–Kier alpha value is -1.47. The summed E-state index contributed by atoms with van der Waals surface area (Å²) in [6, 6.07) is 8.29. The normalized spacial score (nSPS) is 10.2. The Balaban J connectivity index is 2.69. The molecule has 0 aliphatic carbocycles. The van der Waals surface area contributed by atoms with E-state index in [4.69, 9.17) is 40.1 Å². The summed E-state index contributed by atoms with van der Waals surface area (Å²) in [6.45, 7) is 0. The van der Waals surface area contributed by atoms with E-state index in [9.17, 15) is 4.79 Å². The van der Waals surface area contributed by atoms with E-state index in [0.717, 1.165) is 0 Å². The van der Waals surface area contributed by atoms with E-state index in [-0.39, 0.29) is 17.0 Å². The van der Waals surface area contributed by atoms with Crippen LogP contribution in [0.5, 0.6) is 0 Å². The van der Waals surface area contributed by atoms with Crippen molar-refractivity contribution in [3.63, 3.8) is 0 Å². The van der Waals surface area contributed by atoms with Crippen LogP contribution in [0.1, 0.15) is 5.69 Å². The highest BCUT2D eigenvalue weighted by Crippen LogP contribution is 2.38. The first-order chi connectivity index (χ1) is 9.04. The van der Waals surface area contributed by atoms with Crippen molar-refractivity contribution in [1.82, 2.24) is 4.98 Å². The highest BCUT2D eigenvalue weighted by Gasteiger charge is 2.13. The lowest BCUT2D eigenvalue weighted by Gasteiger charge is -2.10. The zero-order valence-corrected chi connectivity index (χ0v) is 11.8. The number of H-pyrrole nitrogens is 1. The van der Waals surface area contributed by atoms with Crippen LogP contribution in [0, 0.1) is 11.3 Å². The summed E-state index contributed by atoms with van der Waals surface area (Å²) < 4.78 is 0. The van der Waals surface area contributed by atoms with Gasteiger partial charge in [0.1, 0.15) is 0 Å². The number of nitrogens with one attached hydrogen (secondary N) is 1. The summed E-state index contributed by atoms with van der Waals surface area (Å²) in [6.07, 6.45) is 0.0714. The van der Waals surface area contributed by atoms with Crippen molar-refractivity contribution < 1.29 is 0 Å². The Kier molecular flexibility index (Phi) is 4.16. The molecule has 96 valence electrons. The number of nitrogens with zero attached hydrogens (tertiary/aromatic N) is 1. The first kappa shape index (κ1) is 14.0. The van der Waals surface area contributed by atoms with Gasteiger partial charge in [0.05, 0.1) is 27.6 Å². The summed E-state index contributed by atoms with van der Waals surface area (Å²) in [5, 5.41) is 9.68. The van der Waals surface area contributed by atoms with E-state index in [2.05, 4.69) is 4.98 Å². The Labute approximate surface area is 124 Å². The molecule has 0 saturated heterocycles. The van der Waals surface area contributed by atoms with E-state index in [0.29, 0.717) is 26.9 Å². The van der Waals surface area contributed by atoms with Gasteiger partial charge in [-0.15, -0.1) is 0 Å². The van der Waals surface area contributed by atoms with Gasteiger partial charge in [-0.1, -0.05) is 40.9 Å². The molecule has 1 aromatic carbocycles. The summed E-state index contributed by atoms with van der Waals surface area (Å²) in [7, 11) is 0. The maximum absolute atomic E-state index is 11.3. The average molecular weight is 314 g/mol. The molecular formula is C13H7Cl3N2O. The lowest BCUT2D eigenvalue weighted by molar-refractivity contribution is 1.08. The predicted molar refractivity (Wildman–Crippen MR) is 76.8 cm³/mol. The van der Waals surface area contributed by atoms with Crippen molar-refractivity contribution in [2.75, 3.05) is 0 Å². The van der Waals surface area contributed by atoms with Crippen molar-refractivity contribution in [2.24, 2.45) is 0 Å². The second-order valence-electron chi connectivity index (χ2n) is 3.77. The van der Waals surface area contributed by atoms with E-state index >= 15 is 0 Å². The fraction of sp³-hybridized carbons (Fsp3) is 0.0769. The molecule has 19 heavy (non-hydrogen) atoms. The Morgan fingerprint density at radius 1 is 1.05 bits per heavy atom. The van der Waals surface area contributed by atoms with Crippen molar-refractivity contribution >= 4 is 34.8 Å². The van der Waals surface area contributed by atoms with Crippen LogP contribution in [0.3, 0.4) is 0 Å². The number of aromatic amines is 1. The van der Waals surface area contributed by atoms with Crippen LogP contribution in [0.25, 0.3) is 11.1 Å². The third kappa shape index (κ3) is 2.76. The van der Waals surface area contributed by atoms with Crippen molar-refractivity contribution in [3.05, 3.63) is 55.4 Å². The molecule has 2 aromatic rings. The Morgan fingerprint density at radius 3 is 2.42 bits per heavy atom. The highest BCUT2D eigenvalue weighted by molar-refractivity contribution is 6.49. The minimum absolute atomic E-state index is 0.0714. The zero-order chi connectivity index (χ0) is 14.0. The lowest BCUT2D eigenvalue weighted by atomic mass is 10.0. The minimum Gasteiger partial charge on any atom is -0.325 e. The predicted octanol–water partition coefficient (Wildman–Crippen LogP) is 4.07. The number of hydrogen-bond donors (Lipinski definition) is 1. The number of rotatable bonds is 2. The molecule has 1 aromatic heterocycles. The van der Waals surface area contributed by atoms with Gasteiger partial charge >= 0.3 is 0 Å². The van der Waals surface area contributed by atoms with Gasteiger partial charge in [-0.2, -0.15) is 5.26 Å². The molecule has 0 bridgehead atoms. The van der Waals surface area contributed by atoms with Gasteiger partial charge in [0, 0.05) is 22.9 Å². The number of pyridine rings is 1. The standard InChI is InChI=1S/C13H7Cl3N2O/c14-9-3-1-8(12(15)13(9)16)7-2-4-11(19)18-10(7)5-6-17/h1-4H,5H2,(H,18,19). The van der Waals surface area contributed by atoms with Crippen molar-refractivity contribution in [3.8, 4) is 17.2 Å². The molecule has 3 nitrogen and oxygen atoms in total. The van der Waals surface area contributed by atoms with Gasteiger partial charge in [0.2, 0.25) is 5.56 Å². The molecule has 0 radical (unpaired) electrons. The van der Waals surface area contributed by atoms with Crippen LogP contribution < -0.4 is 5.56 Å². The summed E-state index contributed by atoms with van der Waals surface area (Å²) in [5.41, 5.74) is 1.50. The van der Waals surface area contributed by atoms with Crippen molar-refractivity contribution in [2.45, 2.75) is 6.42 Å². The largest absolute Gasteiger partial charge is 0.325 e. The Morgan fingerprint density at radius 2 is 1.74 bits per heavy atom. The second kappa shape index (κ2) is 5.66. The first-order valence-corrected chi connectivity index (χ1v) is 6.41. The lowest BCUT2D eigenvalue weighted by Crippen LogP contribution is -2.08. The van der Waals surface area contributed by atoms with Crippen LogP contribution in [0.15, 0.2) is 29.1 Å². The molecule has 1 N–H and O–H groups in total. The monoisotopic (exact) mass is 312 g/mol. The molecule has 6 heteroatoms. The number of halogens is 3. The highest BCUT2D eigenvalue weighted by atomic mass is 35.5. The smallest absolute Gasteiger partial charge is 0.248 e. The van der Waals surface area contributed by atoms with Gasteiger partial charge in [-0.3, -0.25) is 4.79 Å². The SMILES string of the molecule is N#CCc1[nH]c(=O)ccc1-c1ccc(Cl)c(Cl)c1Cl. The molecule has 2 rings (SSSR count). The first-order valence-electron chi connectivity index (χ1n) is 5.27. The zero-order valence-electron chi connectivity index (χ0n) is 9.51. The molecule has 1 heterocycles. The van der Waals surface area contributed by atoms with Gasteiger partial charge in [0.15, 0.2) is 0 Å². The van der Waals surface area contributed by atoms with Gasteiger partial charge in [-0.05, 0) is 12.1 Å². The topological polar surface area (TPSA) is 56.6 Å². The number of hydrogen-bond acceptors (Lipinski definition) is 2. The van der Waals surface area contributed by atoms with Gasteiger partial charge < -0.3 is 4.98 Å². The second-order valence-corrected chi connectivity index (χ2v) is 4.94. The fourth-order valence-electron chi connectivity index (χ4n) is 1.72. The summed E-state index contributed by atoms with van der Waals surface area (Å²) in [5.74, 6) is 0. The van der Waals surface area contributed by atoms with Crippen LogP contribution in [-0.2, 0) is 6.42 Å². The molecule has 0 atom stereocenters. The third-order valence-electron chi connectivity index (χ3n) is 2.58. The molecule has 0 aliphatic rings. The average Bonchev–Trinajstić information content (AvgIpc) is 2.38. The molecule has 0 aliphatic heterocycles. The molecular weight excluding hydrogens is 307 g/mol. The molecule has 0 saturated carbocycles. The van der Waals surface area contributed by atoms with E-state index < -0.39 is 0 Å². The Bertz CT molecular complexity index is 732. The summed E-state index contributed by atoms with van der Waals surface area (Å²) in [4.78, 5) is 13.9. The number of benzene rings is 1. The van der Waals surface area contributed by atoms with Crippen LogP contribution in [-0.4, -0.2) is 4.98 Å².